The number of aryl methyl sites for hydroxylation is 1. The lowest BCUT2D eigenvalue weighted by molar-refractivity contribution is 0.108. The summed E-state index contributed by atoms with van der Waals surface area (Å²) in [7, 11) is 0. The smallest absolute Gasteiger partial charge is 0.252 e. The van der Waals surface area contributed by atoms with Crippen molar-refractivity contribution in [3.63, 3.8) is 0 Å². The fourth-order valence-corrected chi connectivity index (χ4v) is 2.60. The number of fused-ring (bicyclic) bond motifs is 2. The Kier molecular flexibility index (Phi) is 4.13. The van der Waals surface area contributed by atoms with Gasteiger partial charge in [-0.1, -0.05) is 24.3 Å². The van der Waals surface area contributed by atoms with Crippen molar-refractivity contribution in [1.82, 2.24) is 0 Å². The van der Waals surface area contributed by atoms with Crippen molar-refractivity contribution in [3.8, 4) is 0 Å². The highest BCUT2D eigenvalue weighted by Gasteiger charge is 2.17. The van der Waals surface area contributed by atoms with E-state index < -0.39 is 0 Å². The first-order chi connectivity index (χ1) is 8.75. The second-order valence-electron chi connectivity index (χ2n) is 4.39. The molecule has 1 aliphatic rings. The van der Waals surface area contributed by atoms with E-state index in [0.717, 1.165) is 29.8 Å². The molecule has 0 aromatic heterocycles. The Balaban J connectivity index is 0.00000133. The van der Waals surface area contributed by atoms with Crippen LogP contribution in [0, 0.1) is 0 Å². The van der Waals surface area contributed by atoms with Crippen LogP contribution in [0.5, 0.6) is 0 Å². The van der Waals surface area contributed by atoms with Crippen LogP contribution in [0.15, 0.2) is 42.5 Å². The van der Waals surface area contributed by atoms with Crippen LogP contribution in [0.3, 0.4) is 0 Å². The topological polar surface area (TPSA) is 29.1 Å². The summed E-state index contributed by atoms with van der Waals surface area (Å²) in [6.07, 6.45) is 1.74. The van der Waals surface area contributed by atoms with E-state index in [-0.39, 0.29) is 17.6 Å². The molecule has 2 aromatic carbocycles. The molecule has 0 unspecified atom stereocenters. The van der Waals surface area contributed by atoms with Crippen molar-refractivity contribution in [2.24, 2.45) is 0 Å². The first-order valence-electron chi connectivity index (χ1n) is 5.92. The number of carbonyl (C=O) groups is 1. The van der Waals surface area contributed by atoms with Gasteiger partial charge in [0.25, 0.3) is 5.24 Å². The zero-order valence-corrected chi connectivity index (χ0v) is 11.7. The van der Waals surface area contributed by atoms with Gasteiger partial charge in [-0.2, -0.15) is 0 Å². The van der Waals surface area contributed by atoms with E-state index in [1.54, 1.807) is 6.07 Å². The molecule has 2 aromatic rings. The molecule has 4 heteroatoms. The minimum Gasteiger partial charge on any atom is -0.355 e. The third kappa shape index (κ3) is 2.60. The lowest BCUT2D eigenvalue weighted by Gasteiger charge is -2.11. The maximum absolute atomic E-state index is 11.4. The van der Waals surface area contributed by atoms with Gasteiger partial charge in [-0.05, 0) is 53.8 Å². The number of anilines is 2. The molecule has 1 aliphatic heterocycles. The van der Waals surface area contributed by atoms with Gasteiger partial charge >= 0.3 is 0 Å². The fraction of sp³-hybridized carbons (Fsp3) is 0.133. The average Bonchev–Trinajstić information content (AvgIpc) is 2.56. The Morgan fingerprint density at radius 3 is 2.53 bits per heavy atom. The predicted molar refractivity (Wildman–Crippen MR) is 81.0 cm³/mol. The molecule has 1 heterocycles. The first kappa shape index (κ1) is 13.9. The zero-order chi connectivity index (χ0) is 12.5. The Morgan fingerprint density at radius 1 is 1.00 bits per heavy atom. The number of carbonyl (C=O) groups excluding carboxylic acids is 1. The minimum absolute atomic E-state index is 0. The van der Waals surface area contributed by atoms with Crippen molar-refractivity contribution in [2.75, 3.05) is 5.32 Å². The molecule has 0 atom stereocenters. The van der Waals surface area contributed by atoms with Gasteiger partial charge in [0.15, 0.2) is 0 Å². The number of hydrogen-bond donors (Lipinski definition) is 1. The Labute approximate surface area is 123 Å². The highest BCUT2D eigenvalue weighted by Crippen LogP contribution is 2.32. The number of rotatable bonds is 1. The van der Waals surface area contributed by atoms with Crippen molar-refractivity contribution in [3.05, 3.63) is 59.2 Å². The SMILES string of the molecule is Cl.O=C(Cl)c1cccc2c1CCc1ccccc1N2. The summed E-state index contributed by atoms with van der Waals surface area (Å²) >= 11 is 5.64. The molecule has 3 rings (SSSR count). The maximum Gasteiger partial charge on any atom is 0.252 e. The highest BCUT2D eigenvalue weighted by molar-refractivity contribution is 6.68. The number of halogens is 2. The third-order valence-electron chi connectivity index (χ3n) is 3.32. The lowest BCUT2D eigenvalue weighted by Crippen LogP contribution is -2.01. The van der Waals surface area contributed by atoms with Crippen LogP contribution in [0.2, 0.25) is 0 Å². The summed E-state index contributed by atoms with van der Waals surface area (Å²) in [5, 5.41) is 3.00. The van der Waals surface area contributed by atoms with Crippen molar-refractivity contribution < 1.29 is 4.79 Å². The summed E-state index contributed by atoms with van der Waals surface area (Å²) in [4.78, 5) is 11.4. The number of para-hydroxylation sites is 1. The molecule has 0 radical (unpaired) electrons. The van der Waals surface area contributed by atoms with Crippen LogP contribution in [0.4, 0.5) is 11.4 Å². The highest BCUT2D eigenvalue weighted by atomic mass is 35.5. The van der Waals surface area contributed by atoms with Gasteiger partial charge < -0.3 is 5.32 Å². The van der Waals surface area contributed by atoms with Crippen LogP contribution in [0.25, 0.3) is 0 Å². The molecule has 0 bridgehead atoms. The van der Waals surface area contributed by atoms with Crippen LogP contribution < -0.4 is 5.32 Å². The normalized spacial score (nSPS) is 12.3. The molecule has 0 saturated heterocycles. The Hall–Kier alpha value is -1.51. The molecular weight excluding hydrogens is 281 g/mol. The number of benzene rings is 2. The van der Waals surface area contributed by atoms with E-state index in [9.17, 15) is 4.79 Å². The quantitative estimate of drug-likeness (QED) is 0.793. The molecule has 1 N–H and O–H groups in total. The van der Waals surface area contributed by atoms with Gasteiger partial charge in [-0.15, -0.1) is 12.4 Å². The summed E-state index contributed by atoms with van der Waals surface area (Å²) in [6, 6.07) is 13.8. The summed E-state index contributed by atoms with van der Waals surface area (Å²) in [5.74, 6) is 0. The predicted octanol–water partition coefficient (Wildman–Crippen LogP) is 4.33. The van der Waals surface area contributed by atoms with E-state index in [1.807, 2.05) is 24.3 Å². The summed E-state index contributed by atoms with van der Waals surface area (Å²) < 4.78 is 0. The van der Waals surface area contributed by atoms with Gasteiger partial charge in [0, 0.05) is 16.9 Å². The first-order valence-corrected chi connectivity index (χ1v) is 6.30. The second kappa shape index (κ2) is 5.64. The number of hydrogen-bond acceptors (Lipinski definition) is 2. The van der Waals surface area contributed by atoms with E-state index in [0.29, 0.717) is 5.56 Å². The minimum atomic E-state index is -0.389. The van der Waals surface area contributed by atoms with Crippen molar-refractivity contribution in [2.45, 2.75) is 12.8 Å². The van der Waals surface area contributed by atoms with Crippen LogP contribution in [-0.4, -0.2) is 5.24 Å². The molecule has 0 fully saturated rings. The molecule has 2 nitrogen and oxygen atoms in total. The third-order valence-corrected chi connectivity index (χ3v) is 3.52. The number of nitrogens with one attached hydrogen (secondary N) is 1. The van der Waals surface area contributed by atoms with Gasteiger partial charge in [-0.3, -0.25) is 4.79 Å². The van der Waals surface area contributed by atoms with E-state index >= 15 is 0 Å². The molecule has 98 valence electrons. The Morgan fingerprint density at radius 2 is 1.74 bits per heavy atom. The standard InChI is InChI=1S/C15H12ClNO.ClH/c16-15(18)12-5-3-7-14-11(12)9-8-10-4-1-2-6-13(10)17-14;/h1-7,17H,8-9H2;1H. The second-order valence-corrected chi connectivity index (χ2v) is 4.73. The Bertz CT molecular complexity index is 625. The van der Waals surface area contributed by atoms with E-state index in [4.69, 9.17) is 11.6 Å². The fourth-order valence-electron chi connectivity index (χ4n) is 2.42. The lowest BCUT2D eigenvalue weighted by atomic mass is 10.0. The van der Waals surface area contributed by atoms with Gasteiger partial charge in [0.2, 0.25) is 0 Å². The van der Waals surface area contributed by atoms with Crippen molar-refractivity contribution in [1.29, 1.82) is 0 Å². The maximum atomic E-state index is 11.4. The monoisotopic (exact) mass is 293 g/mol. The average molecular weight is 294 g/mol. The molecule has 0 saturated carbocycles. The largest absolute Gasteiger partial charge is 0.355 e. The van der Waals surface area contributed by atoms with Crippen LogP contribution in [-0.2, 0) is 12.8 Å². The van der Waals surface area contributed by atoms with Crippen LogP contribution >= 0.6 is 24.0 Å². The molecular formula is C15H13Cl2NO. The molecule has 0 aliphatic carbocycles. The van der Waals surface area contributed by atoms with Gasteiger partial charge in [0.1, 0.15) is 0 Å². The summed E-state index contributed by atoms with van der Waals surface area (Å²) in [6.45, 7) is 0. The summed E-state index contributed by atoms with van der Waals surface area (Å²) in [5.41, 5.74) is 4.96. The van der Waals surface area contributed by atoms with Gasteiger partial charge in [-0.25, -0.2) is 0 Å². The van der Waals surface area contributed by atoms with E-state index in [1.165, 1.54) is 5.56 Å². The van der Waals surface area contributed by atoms with Gasteiger partial charge in [0.05, 0.1) is 0 Å². The zero-order valence-electron chi connectivity index (χ0n) is 10.2. The molecule has 19 heavy (non-hydrogen) atoms. The van der Waals surface area contributed by atoms with Crippen molar-refractivity contribution >= 4 is 40.6 Å². The molecule has 0 amide bonds. The van der Waals surface area contributed by atoms with E-state index in [2.05, 4.69) is 17.4 Å². The molecule has 0 spiro atoms. The van der Waals surface area contributed by atoms with Crippen LogP contribution in [0.1, 0.15) is 21.5 Å².